The monoisotopic (exact) mass is 254 g/mol. The third kappa shape index (κ3) is 1.83. The maximum atomic E-state index is 3.98. The second-order valence-corrected chi connectivity index (χ2v) is 5.99. The van der Waals surface area contributed by atoms with E-state index < -0.39 is 0 Å². The van der Waals surface area contributed by atoms with E-state index in [4.69, 9.17) is 0 Å². The molecule has 1 aliphatic carbocycles. The van der Waals surface area contributed by atoms with E-state index in [9.17, 15) is 0 Å². The lowest BCUT2D eigenvalue weighted by Gasteiger charge is -2.15. The number of hydrogen-bond acceptors (Lipinski definition) is 1. The highest BCUT2D eigenvalue weighted by molar-refractivity contribution is 7.20. The Morgan fingerprint density at radius 1 is 1.17 bits per heavy atom. The van der Waals surface area contributed by atoms with Gasteiger partial charge in [0.25, 0.3) is 0 Å². The largest absolute Gasteiger partial charge is 0.135 e. The first-order chi connectivity index (χ1) is 8.83. The smallest absolute Gasteiger partial charge is 0.0358 e. The van der Waals surface area contributed by atoms with Crippen molar-refractivity contribution in [2.24, 2.45) is 0 Å². The molecule has 0 aliphatic heterocycles. The van der Waals surface area contributed by atoms with E-state index in [1.807, 2.05) is 17.4 Å². The fourth-order valence-corrected chi connectivity index (χ4v) is 4.07. The number of rotatable bonds is 2. The number of fused-ring (bicyclic) bond motifs is 2. The zero-order chi connectivity index (χ0) is 12.5. The van der Waals surface area contributed by atoms with E-state index in [2.05, 4.69) is 37.8 Å². The van der Waals surface area contributed by atoms with Crippen LogP contribution in [0.3, 0.4) is 0 Å². The summed E-state index contributed by atoms with van der Waals surface area (Å²) in [5, 5.41) is 1.39. The molecule has 3 rings (SSSR count). The van der Waals surface area contributed by atoms with Gasteiger partial charge >= 0.3 is 0 Å². The zero-order valence-electron chi connectivity index (χ0n) is 10.8. The Hall–Kier alpha value is -1.34. The fraction of sp³-hybridized carbons (Fsp3) is 0.294. The number of aryl methyl sites for hydroxylation is 2. The summed E-state index contributed by atoms with van der Waals surface area (Å²) in [4.78, 5) is 1.34. The van der Waals surface area contributed by atoms with Crippen LogP contribution >= 0.6 is 11.3 Å². The van der Waals surface area contributed by atoms with Gasteiger partial charge in [0.05, 0.1) is 0 Å². The molecular weight excluding hydrogens is 236 g/mol. The van der Waals surface area contributed by atoms with E-state index >= 15 is 0 Å². The highest BCUT2D eigenvalue weighted by atomic mass is 32.1. The van der Waals surface area contributed by atoms with Crippen LogP contribution in [0.15, 0.2) is 24.8 Å². The van der Waals surface area contributed by atoms with Crippen LogP contribution in [0.2, 0.25) is 0 Å². The molecule has 0 nitrogen and oxygen atoms in total. The molecule has 0 bridgehead atoms. The van der Waals surface area contributed by atoms with Crippen LogP contribution < -0.4 is 0 Å². The summed E-state index contributed by atoms with van der Waals surface area (Å²) in [5.74, 6) is 0. The van der Waals surface area contributed by atoms with Gasteiger partial charge in [-0.15, -0.1) is 11.3 Å². The van der Waals surface area contributed by atoms with Crippen molar-refractivity contribution in [2.75, 3.05) is 0 Å². The van der Waals surface area contributed by atoms with Gasteiger partial charge in [0.2, 0.25) is 0 Å². The van der Waals surface area contributed by atoms with Gasteiger partial charge < -0.3 is 0 Å². The molecule has 1 aromatic heterocycles. The zero-order valence-corrected chi connectivity index (χ0v) is 11.6. The third-order valence-electron chi connectivity index (χ3n) is 3.74. The van der Waals surface area contributed by atoms with Gasteiger partial charge in [0.15, 0.2) is 0 Å². The van der Waals surface area contributed by atoms with Crippen LogP contribution in [-0.2, 0) is 12.8 Å². The van der Waals surface area contributed by atoms with Gasteiger partial charge in [0.1, 0.15) is 0 Å². The highest BCUT2D eigenvalue weighted by Gasteiger charge is 2.14. The van der Waals surface area contributed by atoms with Crippen LogP contribution in [-0.4, -0.2) is 0 Å². The average Bonchev–Trinajstić information content (AvgIpc) is 2.72. The SMILES string of the molecule is C=Cc1c(/C=C\C)sc2cc3c(cc12)CCCC3. The summed E-state index contributed by atoms with van der Waals surface area (Å²) < 4.78 is 1.42. The minimum absolute atomic E-state index is 1.25. The molecule has 1 heterocycles. The van der Waals surface area contributed by atoms with Crippen molar-refractivity contribution in [3.05, 3.63) is 46.4 Å². The Bertz CT molecular complexity index is 629. The Morgan fingerprint density at radius 2 is 1.89 bits per heavy atom. The summed E-state index contributed by atoms with van der Waals surface area (Å²) >= 11 is 1.89. The van der Waals surface area contributed by atoms with E-state index in [-0.39, 0.29) is 0 Å². The van der Waals surface area contributed by atoms with Crippen LogP contribution in [0, 0.1) is 0 Å². The highest BCUT2D eigenvalue weighted by Crippen LogP contribution is 2.36. The van der Waals surface area contributed by atoms with Gasteiger partial charge in [-0.25, -0.2) is 0 Å². The first-order valence-electron chi connectivity index (χ1n) is 6.67. The van der Waals surface area contributed by atoms with Crippen LogP contribution in [0.4, 0.5) is 0 Å². The Kier molecular flexibility index (Phi) is 3.09. The van der Waals surface area contributed by atoms with E-state index in [0.717, 1.165) is 0 Å². The quantitative estimate of drug-likeness (QED) is 0.668. The standard InChI is InChI=1S/C17H18S/c1-3-7-16-14(4-2)15-10-12-8-5-6-9-13(12)11-17(15)18-16/h3-4,7,10-11H,2,5-6,8-9H2,1H3/b7-3-. The minimum atomic E-state index is 1.25. The first-order valence-corrected chi connectivity index (χ1v) is 7.48. The molecule has 92 valence electrons. The van der Waals surface area contributed by atoms with Crippen molar-refractivity contribution in [2.45, 2.75) is 32.6 Å². The summed E-state index contributed by atoms with van der Waals surface area (Å²) in [7, 11) is 0. The summed E-state index contributed by atoms with van der Waals surface area (Å²) in [6.45, 7) is 6.05. The van der Waals surface area contributed by atoms with Crippen molar-refractivity contribution < 1.29 is 0 Å². The normalized spacial score (nSPS) is 15.2. The predicted octanol–water partition coefficient (Wildman–Crippen LogP) is 5.46. The molecular formula is C17H18S. The van der Waals surface area contributed by atoms with E-state index in [1.165, 1.54) is 46.2 Å². The van der Waals surface area contributed by atoms with Gasteiger partial charge in [-0.2, -0.15) is 0 Å². The van der Waals surface area contributed by atoms with Crippen molar-refractivity contribution in [3.8, 4) is 0 Å². The second kappa shape index (κ2) is 4.74. The molecule has 0 saturated heterocycles. The molecule has 0 amide bonds. The Labute approximate surface area is 113 Å². The van der Waals surface area contributed by atoms with Gasteiger partial charge in [-0.1, -0.05) is 18.7 Å². The Morgan fingerprint density at radius 3 is 2.56 bits per heavy atom. The topological polar surface area (TPSA) is 0 Å². The third-order valence-corrected chi connectivity index (χ3v) is 4.88. The number of allylic oxidation sites excluding steroid dienone is 1. The Balaban J connectivity index is 2.27. The molecule has 0 radical (unpaired) electrons. The second-order valence-electron chi connectivity index (χ2n) is 4.91. The molecule has 0 unspecified atom stereocenters. The van der Waals surface area contributed by atoms with E-state index in [0.29, 0.717) is 0 Å². The van der Waals surface area contributed by atoms with E-state index in [1.54, 1.807) is 11.1 Å². The van der Waals surface area contributed by atoms with Crippen molar-refractivity contribution in [1.82, 2.24) is 0 Å². The molecule has 1 heteroatoms. The van der Waals surface area contributed by atoms with Crippen LogP contribution in [0.1, 0.15) is 41.3 Å². The predicted molar refractivity (Wildman–Crippen MR) is 83.3 cm³/mol. The fourth-order valence-electron chi connectivity index (χ4n) is 2.85. The molecule has 1 aliphatic rings. The number of benzene rings is 1. The summed E-state index contributed by atoms with van der Waals surface area (Å²) in [5.41, 5.74) is 4.43. The number of hydrogen-bond donors (Lipinski definition) is 0. The summed E-state index contributed by atoms with van der Waals surface area (Å²) in [6.07, 6.45) is 11.5. The molecule has 0 atom stereocenters. The molecule has 2 aromatic rings. The lowest BCUT2D eigenvalue weighted by molar-refractivity contribution is 0.687. The van der Waals surface area contributed by atoms with Crippen molar-refractivity contribution in [1.29, 1.82) is 0 Å². The molecule has 1 aromatic carbocycles. The molecule has 0 fully saturated rings. The van der Waals surface area contributed by atoms with Gasteiger partial charge in [-0.3, -0.25) is 0 Å². The average molecular weight is 254 g/mol. The minimum Gasteiger partial charge on any atom is -0.135 e. The van der Waals surface area contributed by atoms with Crippen molar-refractivity contribution >= 4 is 33.6 Å². The lowest BCUT2D eigenvalue weighted by atomic mass is 9.90. The molecule has 0 N–H and O–H groups in total. The molecule has 18 heavy (non-hydrogen) atoms. The van der Waals surface area contributed by atoms with Gasteiger partial charge in [0, 0.05) is 15.0 Å². The molecule has 0 spiro atoms. The maximum absolute atomic E-state index is 3.98. The van der Waals surface area contributed by atoms with Crippen LogP contribution in [0.5, 0.6) is 0 Å². The van der Waals surface area contributed by atoms with Crippen LogP contribution in [0.25, 0.3) is 22.2 Å². The van der Waals surface area contributed by atoms with Crippen molar-refractivity contribution in [3.63, 3.8) is 0 Å². The maximum Gasteiger partial charge on any atom is 0.0358 e. The van der Waals surface area contributed by atoms with Gasteiger partial charge in [-0.05, 0) is 67.5 Å². The number of thiophene rings is 1. The lowest BCUT2D eigenvalue weighted by Crippen LogP contribution is -2.01. The summed E-state index contributed by atoms with van der Waals surface area (Å²) in [6, 6.07) is 4.82. The first kappa shape index (κ1) is 11.7. The molecule has 0 saturated carbocycles.